The lowest BCUT2D eigenvalue weighted by molar-refractivity contribution is -0.117. The van der Waals surface area contributed by atoms with Gasteiger partial charge < -0.3 is 11.1 Å². The van der Waals surface area contributed by atoms with Crippen molar-refractivity contribution in [2.75, 3.05) is 18.9 Å². The molecule has 4 nitrogen and oxygen atoms in total. The molecule has 6 heteroatoms. The van der Waals surface area contributed by atoms with Gasteiger partial charge in [-0.05, 0) is 38.2 Å². The van der Waals surface area contributed by atoms with Crippen LogP contribution in [0, 0.1) is 0 Å². The minimum Gasteiger partial charge on any atom is -0.393 e. The summed E-state index contributed by atoms with van der Waals surface area (Å²) in [6.45, 7) is 2.30. The van der Waals surface area contributed by atoms with Gasteiger partial charge in [0, 0.05) is 22.6 Å². The molecule has 1 unspecified atom stereocenters. The van der Waals surface area contributed by atoms with Crippen LogP contribution >= 0.6 is 28.1 Å². The Balaban J connectivity index is 2.46. The molecule has 104 valence electrons. The van der Waals surface area contributed by atoms with Gasteiger partial charge >= 0.3 is 0 Å². The van der Waals surface area contributed by atoms with Gasteiger partial charge in [-0.25, -0.2) is 0 Å². The van der Waals surface area contributed by atoms with E-state index in [1.807, 2.05) is 43.1 Å². The average Bonchev–Trinajstić information content (AvgIpc) is 2.31. The maximum Gasteiger partial charge on any atom is 0.238 e. The molecule has 0 spiro atoms. The molecule has 1 rings (SSSR count). The number of rotatable bonds is 6. The highest BCUT2D eigenvalue weighted by Crippen LogP contribution is 2.14. The first kappa shape index (κ1) is 16.1. The highest BCUT2D eigenvalue weighted by atomic mass is 79.9. The fraction of sp³-hybridized carbons (Fsp3) is 0.385. The summed E-state index contributed by atoms with van der Waals surface area (Å²) >= 11 is 8.22. The van der Waals surface area contributed by atoms with Crippen molar-refractivity contribution in [2.24, 2.45) is 5.73 Å². The fourth-order valence-electron chi connectivity index (χ4n) is 1.56. The van der Waals surface area contributed by atoms with Crippen molar-refractivity contribution in [3.8, 4) is 0 Å². The maximum atomic E-state index is 11.9. The Labute approximate surface area is 127 Å². The van der Waals surface area contributed by atoms with Crippen molar-refractivity contribution in [3.05, 3.63) is 28.7 Å². The van der Waals surface area contributed by atoms with E-state index in [4.69, 9.17) is 18.0 Å². The summed E-state index contributed by atoms with van der Waals surface area (Å²) in [5.41, 5.74) is 6.28. The molecule has 0 aliphatic rings. The van der Waals surface area contributed by atoms with Crippen molar-refractivity contribution >= 4 is 44.7 Å². The third-order valence-electron chi connectivity index (χ3n) is 2.77. The second kappa shape index (κ2) is 7.57. The average molecular weight is 344 g/mol. The van der Waals surface area contributed by atoms with Gasteiger partial charge in [-0.15, -0.1) is 0 Å². The maximum absolute atomic E-state index is 11.9. The van der Waals surface area contributed by atoms with Crippen LogP contribution in [0.3, 0.4) is 0 Å². The number of likely N-dealkylation sites (N-methyl/N-ethyl adjacent to an activating group) is 1. The molecule has 1 amide bonds. The first-order valence-electron chi connectivity index (χ1n) is 5.92. The topological polar surface area (TPSA) is 58.4 Å². The van der Waals surface area contributed by atoms with E-state index in [2.05, 4.69) is 21.2 Å². The Bertz CT molecular complexity index is 450. The molecule has 1 aromatic rings. The molecule has 0 saturated carbocycles. The van der Waals surface area contributed by atoms with E-state index < -0.39 is 0 Å². The number of hydrogen-bond donors (Lipinski definition) is 2. The van der Waals surface area contributed by atoms with E-state index in [-0.39, 0.29) is 11.9 Å². The highest BCUT2D eigenvalue weighted by Gasteiger charge is 2.13. The number of halogens is 1. The quantitative estimate of drug-likeness (QED) is 0.778. The molecule has 0 aromatic heterocycles. The number of nitrogens with one attached hydrogen (secondary N) is 1. The largest absolute Gasteiger partial charge is 0.393 e. The molecule has 0 saturated heterocycles. The molecule has 1 atom stereocenters. The van der Waals surface area contributed by atoms with Gasteiger partial charge in [-0.1, -0.05) is 28.1 Å². The van der Waals surface area contributed by atoms with Crippen LogP contribution in [0.1, 0.15) is 13.3 Å². The minimum atomic E-state index is -0.0559. The van der Waals surface area contributed by atoms with Gasteiger partial charge in [0.15, 0.2) is 0 Å². The minimum absolute atomic E-state index is 0.0559. The molecular weight excluding hydrogens is 326 g/mol. The van der Waals surface area contributed by atoms with Crippen LogP contribution in [0.15, 0.2) is 28.7 Å². The second-order valence-corrected chi connectivity index (χ2v) is 5.93. The second-order valence-electron chi connectivity index (χ2n) is 4.49. The molecule has 0 bridgehead atoms. The zero-order chi connectivity index (χ0) is 14.4. The molecule has 19 heavy (non-hydrogen) atoms. The number of nitrogens with two attached hydrogens (primary N) is 1. The summed E-state index contributed by atoms with van der Waals surface area (Å²) in [5.74, 6) is -0.0559. The lowest BCUT2D eigenvalue weighted by Crippen LogP contribution is -2.38. The van der Waals surface area contributed by atoms with Gasteiger partial charge in [0.1, 0.15) is 0 Å². The number of hydrogen-bond acceptors (Lipinski definition) is 3. The summed E-state index contributed by atoms with van der Waals surface area (Å²) in [6, 6.07) is 7.61. The van der Waals surface area contributed by atoms with Crippen LogP contribution < -0.4 is 11.1 Å². The van der Waals surface area contributed by atoms with Gasteiger partial charge in [-0.3, -0.25) is 9.69 Å². The SMILES string of the molecule is CC(CC(N)=S)N(C)CC(=O)Nc1ccc(Br)cc1. The van der Waals surface area contributed by atoms with Crippen LogP contribution in [-0.4, -0.2) is 35.4 Å². The molecule has 0 aliphatic carbocycles. The lowest BCUT2D eigenvalue weighted by Gasteiger charge is -2.23. The zero-order valence-electron chi connectivity index (χ0n) is 11.0. The number of carbonyl (C=O) groups excluding carboxylic acids is 1. The predicted octanol–water partition coefficient (Wildman–Crippen LogP) is 2.38. The lowest BCUT2D eigenvalue weighted by atomic mass is 10.2. The first-order chi connectivity index (χ1) is 8.88. The number of anilines is 1. The van der Waals surface area contributed by atoms with Gasteiger partial charge in [0.2, 0.25) is 5.91 Å². The Morgan fingerprint density at radius 2 is 2.05 bits per heavy atom. The number of amides is 1. The van der Waals surface area contributed by atoms with E-state index in [1.165, 1.54) is 0 Å². The molecule has 3 N–H and O–H groups in total. The third kappa shape index (κ3) is 6.13. The molecule has 1 aromatic carbocycles. The Kier molecular flexibility index (Phi) is 6.41. The zero-order valence-corrected chi connectivity index (χ0v) is 13.4. The molecule has 0 aliphatic heterocycles. The molecule has 0 heterocycles. The fourth-order valence-corrected chi connectivity index (χ4v) is 2.07. The summed E-state index contributed by atoms with van der Waals surface area (Å²) in [7, 11) is 1.88. The van der Waals surface area contributed by atoms with Crippen LogP contribution in [0.5, 0.6) is 0 Å². The van der Waals surface area contributed by atoms with Gasteiger partial charge in [-0.2, -0.15) is 0 Å². The van der Waals surface area contributed by atoms with Gasteiger partial charge in [0.05, 0.1) is 11.5 Å². The van der Waals surface area contributed by atoms with Crippen molar-refractivity contribution in [3.63, 3.8) is 0 Å². The normalized spacial score (nSPS) is 12.2. The molecule has 0 fully saturated rings. The Morgan fingerprint density at radius 3 is 2.58 bits per heavy atom. The Morgan fingerprint density at radius 1 is 1.47 bits per heavy atom. The van der Waals surface area contributed by atoms with Crippen molar-refractivity contribution in [2.45, 2.75) is 19.4 Å². The number of benzene rings is 1. The van der Waals surface area contributed by atoms with Crippen molar-refractivity contribution in [1.82, 2.24) is 4.90 Å². The first-order valence-corrected chi connectivity index (χ1v) is 7.12. The standard InChI is InChI=1S/C13H18BrN3OS/c1-9(7-12(15)19)17(2)8-13(18)16-11-5-3-10(14)4-6-11/h3-6,9H,7-8H2,1-2H3,(H2,15,19)(H,16,18). The van der Waals surface area contributed by atoms with Crippen LogP contribution in [0.4, 0.5) is 5.69 Å². The summed E-state index contributed by atoms with van der Waals surface area (Å²) in [5, 5.41) is 2.84. The van der Waals surface area contributed by atoms with E-state index in [1.54, 1.807) is 0 Å². The predicted molar refractivity (Wildman–Crippen MR) is 86.3 cm³/mol. The monoisotopic (exact) mass is 343 g/mol. The number of thiocarbonyl (C=S) groups is 1. The smallest absolute Gasteiger partial charge is 0.238 e. The van der Waals surface area contributed by atoms with Gasteiger partial charge in [0.25, 0.3) is 0 Å². The molecule has 0 radical (unpaired) electrons. The summed E-state index contributed by atoms with van der Waals surface area (Å²) in [4.78, 5) is 14.3. The summed E-state index contributed by atoms with van der Waals surface area (Å²) in [6.07, 6.45) is 0.609. The number of nitrogens with zero attached hydrogens (tertiary/aromatic N) is 1. The van der Waals surface area contributed by atoms with Crippen LogP contribution in [0.2, 0.25) is 0 Å². The third-order valence-corrected chi connectivity index (χ3v) is 3.47. The van der Waals surface area contributed by atoms with E-state index in [9.17, 15) is 4.79 Å². The van der Waals surface area contributed by atoms with E-state index in [0.29, 0.717) is 18.0 Å². The van der Waals surface area contributed by atoms with Crippen LogP contribution in [-0.2, 0) is 4.79 Å². The summed E-state index contributed by atoms with van der Waals surface area (Å²) < 4.78 is 0.979. The van der Waals surface area contributed by atoms with Crippen molar-refractivity contribution in [1.29, 1.82) is 0 Å². The molecular formula is C13H18BrN3OS. The highest BCUT2D eigenvalue weighted by molar-refractivity contribution is 9.10. The Hall–Kier alpha value is -0.980. The van der Waals surface area contributed by atoms with Crippen molar-refractivity contribution < 1.29 is 4.79 Å². The van der Waals surface area contributed by atoms with E-state index in [0.717, 1.165) is 10.2 Å². The van der Waals surface area contributed by atoms with E-state index >= 15 is 0 Å². The number of carbonyl (C=O) groups is 1. The van der Waals surface area contributed by atoms with Crippen LogP contribution in [0.25, 0.3) is 0 Å².